The molecule has 1 aromatic heterocycles. The fourth-order valence-electron chi connectivity index (χ4n) is 3.54. The van der Waals surface area contributed by atoms with Crippen LogP contribution in [-0.2, 0) is 11.2 Å². The minimum absolute atomic E-state index is 0.712. The number of anilines is 2. The van der Waals surface area contributed by atoms with E-state index >= 15 is 0 Å². The highest BCUT2D eigenvalue weighted by molar-refractivity contribution is 5.91. The summed E-state index contributed by atoms with van der Waals surface area (Å²) in [6, 6.07) is 17.0. The topological polar surface area (TPSA) is 38.2 Å². The molecule has 3 rings (SSSR count). The molecule has 4 nitrogen and oxygen atoms in total. The van der Waals surface area contributed by atoms with E-state index in [-0.39, 0.29) is 0 Å². The molecular weight excluding hydrogens is 358 g/mol. The van der Waals surface area contributed by atoms with Crippen LogP contribution >= 0.6 is 0 Å². The number of nitrogens with zero attached hydrogens (tertiary/aromatic N) is 3. The minimum atomic E-state index is 0.712. The fourth-order valence-corrected chi connectivity index (χ4v) is 3.54. The van der Waals surface area contributed by atoms with Gasteiger partial charge in [0.2, 0.25) is 0 Å². The van der Waals surface area contributed by atoms with E-state index in [0.717, 1.165) is 53.3 Å². The number of hydrogen-bond donors (Lipinski definition) is 0. The zero-order valence-electron chi connectivity index (χ0n) is 17.8. The summed E-state index contributed by atoms with van der Waals surface area (Å²) >= 11 is 0. The molecule has 0 fully saturated rings. The number of hydrogen-bond acceptors (Lipinski definition) is 4. The fraction of sp³-hybridized carbons (Fsp3) is 0.360. The molecular formula is C25H31N3O. The lowest BCUT2D eigenvalue weighted by Crippen LogP contribution is -2.13. The van der Waals surface area contributed by atoms with Gasteiger partial charge in [-0.3, -0.25) is 0 Å². The van der Waals surface area contributed by atoms with Crippen LogP contribution in [0.1, 0.15) is 44.0 Å². The minimum Gasteiger partial charge on any atom is -0.499 e. The summed E-state index contributed by atoms with van der Waals surface area (Å²) in [6.45, 7) is 8.59. The third kappa shape index (κ3) is 5.57. The lowest BCUT2D eigenvalue weighted by atomic mass is 10.1. The van der Waals surface area contributed by atoms with Crippen molar-refractivity contribution >= 4 is 22.4 Å². The molecule has 0 saturated heterocycles. The van der Waals surface area contributed by atoms with Crippen LogP contribution in [0.2, 0.25) is 0 Å². The number of unbranched alkanes of at least 4 members (excludes halogenated alkanes) is 2. The van der Waals surface area contributed by atoms with Crippen LogP contribution in [-0.4, -0.2) is 23.6 Å². The van der Waals surface area contributed by atoms with Crippen LogP contribution in [0.4, 0.5) is 11.5 Å². The Kier molecular flexibility index (Phi) is 7.23. The Balaban J connectivity index is 1.60. The molecule has 0 aliphatic carbocycles. The molecule has 0 bridgehead atoms. The standard InChI is InChI=1S/C25H31N3O/c1-5-29-19(2)11-7-6-8-12-21-15-17-22(18-16-21)28(4)25-23-13-9-10-14-24(23)26-20(3)27-25/h9-10,13-18H,2,5-8,11-12H2,1,3-4H3. The van der Waals surface area contributed by atoms with Gasteiger partial charge < -0.3 is 9.64 Å². The molecule has 0 spiro atoms. The van der Waals surface area contributed by atoms with Gasteiger partial charge in [-0.05, 0) is 62.9 Å². The van der Waals surface area contributed by atoms with E-state index in [1.807, 2.05) is 32.0 Å². The number of fused-ring (bicyclic) bond motifs is 1. The second-order valence-corrected chi connectivity index (χ2v) is 7.37. The van der Waals surface area contributed by atoms with E-state index < -0.39 is 0 Å². The summed E-state index contributed by atoms with van der Waals surface area (Å²) in [5.41, 5.74) is 3.48. The Morgan fingerprint density at radius 3 is 2.52 bits per heavy atom. The van der Waals surface area contributed by atoms with E-state index in [4.69, 9.17) is 9.72 Å². The maximum atomic E-state index is 5.40. The summed E-state index contributed by atoms with van der Waals surface area (Å²) in [4.78, 5) is 11.4. The second kappa shape index (κ2) is 10.1. The van der Waals surface area contributed by atoms with Crippen LogP contribution in [0.15, 0.2) is 60.9 Å². The Morgan fingerprint density at radius 2 is 1.76 bits per heavy atom. The van der Waals surface area contributed by atoms with Crippen LogP contribution in [0, 0.1) is 6.92 Å². The molecule has 0 radical (unpaired) electrons. The van der Waals surface area contributed by atoms with Gasteiger partial charge in [0, 0.05) is 24.5 Å². The van der Waals surface area contributed by atoms with Crippen molar-refractivity contribution in [2.75, 3.05) is 18.6 Å². The van der Waals surface area contributed by atoms with E-state index in [2.05, 4.69) is 53.8 Å². The van der Waals surface area contributed by atoms with Crippen molar-refractivity contribution in [1.82, 2.24) is 9.97 Å². The van der Waals surface area contributed by atoms with E-state index in [1.54, 1.807) is 0 Å². The quantitative estimate of drug-likeness (QED) is 0.299. The van der Waals surface area contributed by atoms with Gasteiger partial charge in [-0.15, -0.1) is 0 Å². The molecule has 152 valence electrons. The van der Waals surface area contributed by atoms with Crippen LogP contribution < -0.4 is 4.90 Å². The third-order valence-electron chi connectivity index (χ3n) is 5.11. The number of allylic oxidation sites excluding steroid dienone is 1. The van der Waals surface area contributed by atoms with Crippen molar-refractivity contribution in [3.8, 4) is 0 Å². The number of aromatic nitrogens is 2. The van der Waals surface area contributed by atoms with Gasteiger partial charge in [0.15, 0.2) is 0 Å². The average Bonchev–Trinajstić information content (AvgIpc) is 2.73. The Labute approximate surface area is 174 Å². The smallest absolute Gasteiger partial charge is 0.144 e. The molecule has 0 atom stereocenters. The normalized spacial score (nSPS) is 10.9. The number of aryl methyl sites for hydroxylation is 2. The molecule has 29 heavy (non-hydrogen) atoms. The molecule has 0 aliphatic heterocycles. The first-order chi connectivity index (χ1) is 14.1. The second-order valence-electron chi connectivity index (χ2n) is 7.37. The van der Waals surface area contributed by atoms with Crippen molar-refractivity contribution in [3.05, 3.63) is 72.3 Å². The summed E-state index contributed by atoms with van der Waals surface area (Å²) < 4.78 is 5.40. The Bertz CT molecular complexity index is 950. The first-order valence-corrected chi connectivity index (χ1v) is 10.4. The van der Waals surface area contributed by atoms with Gasteiger partial charge in [0.25, 0.3) is 0 Å². The van der Waals surface area contributed by atoms with Gasteiger partial charge in [-0.25, -0.2) is 9.97 Å². The summed E-state index contributed by atoms with van der Waals surface area (Å²) in [6.07, 6.45) is 5.58. The predicted octanol–water partition coefficient (Wildman–Crippen LogP) is 6.36. The number of para-hydroxylation sites is 1. The lowest BCUT2D eigenvalue weighted by Gasteiger charge is -2.20. The Morgan fingerprint density at radius 1 is 1.00 bits per heavy atom. The summed E-state index contributed by atoms with van der Waals surface area (Å²) in [7, 11) is 2.06. The van der Waals surface area contributed by atoms with Crippen LogP contribution in [0.25, 0.3) is 10.9 Å². The highest BCUT2D eigenvalue weighted by Crippen LogP contribution is 2.29. The van der Waals surface area contributed by atoms with Crippen molar-refractivity contribution in [3.63, 3.8) is 0 Å². The Hall–Kier alpha value is -2.88. The highest BCUT2D eigenvalue weighted by Gasteiger charge is 2.11. The zero-order chi connectivity index (χ0) is 20.6. The zero-order valence-corrected chi connectivity index (χ0v) is 17.8. The largest absolute Gasteiger partial charge is 0.499 e. The molecule has 0 N–H and O–H groups in total. The molecule has 0 amide bonds. The first kappa shape index (κ1) is 20.8. The molecule has 3 aromatic rings. The monoisotopic (exact) mass is 389 g/mol. The highest BCUT2D eigenvalue weighted by atomic mass is 16.5. The third-order valence-corrected chi connectivity index (χ3v) is 5.11. The van der Waals surface area contributed by atoms with Gasteiger partial charge in [-0.2, -0.15) is 0 Å². The maximum Gasteiger partial charge on any atom is 0.144 e. The van der Waals surface area contributed by atoms with Crippen LogP contribution in [0.5, 0.6) is 0 Å². The SMILES string of the molecule is C=C(CCCCCc1ccc(N(C)c2nc(C)nc3ccccc23)cc1)OCC. The summed E-state index contributed by atoms with van der Waals surface area (Å²) in [5, 5.41) is 1.07. The van der Waals surface area contributed by atoms with Gasteiger partial charge in [0.05, 0.1) is 17.9 Å². The first-order valence-electron chi connectivity index (χ1n) is 10.4. The number of rotatable bonds is 10. The molecule has 2 aromatic carbocycles. The lowest BCUT2D eigenvalue weighted by molar-refractivity contribution is 0.218. The molecule has 0 saturated carbocycles. The van der Waals surface area contributed by atoms with Crippen molar-refractivity contribution in [2.45, 2.75) is 46.0 Å². The molecule has 0 aliphatic rings. The summed E-state index contributed by atoms with van der Waals surface area (Å²) in [5.74, 6) is 2.64. The van der Waals surface area contributed by atoms with Crippen molar-refractivity contribution in [1.29, 1.82) is 0 Å². The molecule has 4 heteroatoms. The van der Waals surface area contributed by atoms with Crippen molar-refractivity contribution in [2.24, 2.45) is 0 Å². The maximum absolute atomic E-state index is 5.40. The molecule has 0 unspecified atom stereocenters. The van der Waals surface area contributed by atoms with Gasteiger partial charge >= 0.3 is 0 Å². The van der Waals surface area contributed by atoms with E-state index in [0.29, 0.717) is 6.61 Å². The van der Waals surface area contributed by atoms with Gasteiger partial charge in [0.1, 0.15) is 11.6 Å². The molecule has 1 heterocycles. The van der Waals surface area contributed by atoms with Gasteiger partial charge in [-0.1, -0.05) is 37.3 Å². The average molecular weight is 390 g/mol. The number of benzene rings is 2. The van der Waals surface area contributed by atoms with Crippen molar-refractivity contribution < 1.29 is 4.74 Å². The predicted molar refractivity (Wildman–Crippen MR) is 122 cm³/mol. The number of ether oxygens (including phenoxy) is 1. The van der Waals surface area contributed by atoms with E-state index in [9.17, 15) is 0 Å². The van der Waals surface area contributed by atoms with E-state index in [1.165, 1.54) is 18.4 Å². The van der Waals surface area contributed by atoms with Crippen LogP contribution in [0.3, 0.4) is 0 Å².